The number of unbranched alkanes of at least 4 members (excludes halogenated alkanes) is 12. The molecule has 0 aliphatic heterocycles. The fraction of sp³-hybridized carbons (Fsp3) is 0.206. The fourth-order valence-corrected chi connectivity index (χ4v) is 20.7. The summed E-state index contributed by atoms with van der Waals surface area (Å²) in [5.74, 6) is 0. The summed E-state index contributed by atoms with van der Waals surface area (Å²) < 4.78 is 0. The quantitative estimate of drug-likeness (QED) is 0.0359. The Kier molecular flexibility index (Phi) is 30.8. The van der Waals surface area contributed by atoms with Crippen LogP contribution in [-0.2, 0) is 25.7 Å². The summed E-state index contributed by atoms with van der Waals surface area (Å²) in [5.41, 5.74) is 50.1. The van der Waals surface area contributed by atoms with Crippen molar-refractivity contribution in [3.63, 3.8) is 0 Å². The summed E-state index contributed by atoms with van der Waals surface area (Å²) in [6.07, 6.45) is 34.3. The summed E-state index contributed by atoms with van der Waals surface area (Å²) in [7, 11) is 0. The van der Waals surface area contributed by atoms with Crippen LogP contribution in [0.3, 0.4) is 0 Å². The Labute approximate surface area is 842 Å². The second kappa shape index (κ2) is 45.8. The van der Waals surface area contributed by atoms with E-state index in [1.165, 1.54) is 147 Å². The van der Waals surface area contributed by atoms with Crippen LogP contribution in [0.1, 0.15) is 175 Å². The van der Waals surface area contributed by atoms with Crippen LogP contribution in [0.4, 0.5) is 0 Å². The monoisotopic (exact) mass is 1850 g/mol. The topological polar surface area (TPSA) is 77.3 Å². The minimum Gasteiger partial charge on any atom is -0.256 e. The first-order chi connectivity index (χ1) is 69.9. The Hall–Kier alpha value is -15.2. The highest BCUT2D eigenvalue weighted by Gasteiger charge is 2.23. The lowest BCUT2D eigenvalue weighted by molar-refractivity contribution is 0.665. The summed E-state index contributed by atoms with van der Waals surface area (Å²) >= 11 is 0. The van der Waals surface area contributed by atoms with Gasteiger partial charge in [0.25, 0.3) is 0 Å². The van der Waals surface area contributed by atoms with Crippen molar-refractivity contribution in [2.24, 2.45) is 0 Å². The summed E-state index contributed by atoms with van der Waals surface area (Å²) in [4.78, 5) is 30.1. The Balaban J connectivity index is 0.628. The Bertz CT molecular complexity index is 6790. The molecule has 0 fully saturated rings. The molecule has 5 aromatic heterocycles. The number of rotatable bonds is 38. The second-order valence-electron chi connectivity index (χ2n) is 38.9. The van der Waals surface area contributed by atoms with Gasteiger partial charge in [-0.2, -0.15) is 0 Å². The molecule has 142 heavy (non-hydrogen) atoms. The van der Waals surface area contributed by atoms with E-state index in [0.717, 1.165) is 227 Å². The van der Waals surface area contributed by atoms with Gasteiger partial charge in [-0.15, -0.1) is 0 Å². The third-order valence-corrected chi connectivity index (χ3v) is 29.0. The summed E-state index contributed by atoms with van der Waals surface area (Å²) in [5, 5.41) is 0. The van der Waals surface area contributed by atoms with Crippen molar-refractivity contribution in [2.75, 3.05) is 0 Å². The van der Waals surface area contributed by atoms with Crippen LogP contribution >= 0.6 is 0 Å². The highest BCUT2D eigenvalue weighted by molar-refractivity contribution is 5.98. The van der Waals surface area contributed by atoms with Gasteiger partial charge in [-0.1, -0.05) is 396 Å². The van der Waals surface area contributed by atoms with Crippen molar-refractivity contribution < 1.29 is 0 Å². The van der Waals surface area contributed by atoms with Gasteiger partial charge in [0.1, 0.15) is 6.33 Å². The molecule has 6 heteroatoms. The second-order valence-corrected chi connectivity index (χ2v) is 38.9. The molecule has 5 heterocycles. The first kappa shape index (κ1) is 95.7. The molecule has 6 nitrogen and oxygen atoms in total. The molecule has 0 spiro atoms. The Morgan fingerprint density at radius 3 is 0.465 bits per heavy atom. The molecule has 19 rings (SSSR count). The highest BCUT2D eigenvalue weighted by atomic mass is 14.8. The first-order valence-electron chi connectivity index (χ1n) is 52.0. The molecule has 0 bridgehead atoms. The lowest BCUT2D eigenvalue weighted by atomic mass is 9.86. The molecular weight excluding hydrogens is 1720 g/mol. The predicted molar refractivity (Wildman–Crippen MR) is 601 cm³/mol. The van der Waals surface area contributed by atoms with Crippen LogP contribution in [0.25, 0.3) is 201 Å². The normalized spacial score (nSPS) is 11.4. The van der Waals surface area contributed by atoms with Crippen LogP contribution < -0.4 is 0 Å². The van der Waals surface area contributed by atoms with Crippen molar-refractivity contribution in [2.45, 2.75) is 184 Å². The van der Waals surface area contributed by atoms with Crippen molar-refractivity contribution in [1.82, 2.24) is 29.9 Å². The van der Waals surface area contributed by atoms with Crippen molar-refractivity contribution in [3.8, 4) is 201 Å². The van der Waals surface area contributed by atoms with Crippen molar-refractivity contribution in [1.29, 1.82) is 0 Å². The molecule has 0 saturated heterocycles. The zero-order valence-corrected chi connectivity index (χ0v) is 83.8. The van der Waals surface area contributed by atoms with Crippen LogP contribution in [0, 0.1) is 27.7 Å². The molecule has 0 N–H and O–H groups in total. The molecule has 702 valence electrons. The first-order valence-corrected chi connectivity index (χ1v) is 52.0. The van der Waals surface area contributed by atoms with Gasteiger partial charge in [0.15, 0.2) is 0 Å². The zero-order chi connectivity index (χ0) is 97.0. The van der Waals surface area contributed by atoms with E-state index in [2.05, 4.69) is 438 Å². The molecule has 0 amide bonds. The van der Waals surface area contributed by atoms with Gasteiger partial charge in [-0.25, -0.2) is 9.97 Å². The average Bonchev–Trinajstić information content (AvgIpc) is 0.767. The van der Waals surface area contributed by atoms with Gasteiger partial charge in [-0.05, 0) is 324 Å². The van der Waals surface area contributed by atoms with E-state index in [0.29, 0.717) is 0 Å². The standard InChI is InChI=1S/C136H128N6/c1-9-13-17-21-37-109-88-137-131(77-93(109)5)103-65-53-97(54-66-103)119-41-25-31-47-125(119)113-81-114(126-48-32-26-42-120(126)98-55-67-104(68-56-98)132-78-94(6)110(89-138-132)38-22-18-14-10-2)84-117(83-113)129-51-35-29-45-123(129)101-61-73-107(74-62-101)135-87-136(142-92-141-135)108-75-63-102(64-76-108)124-46-30-36-52-130(124)118-85-115(127-49-33-27-43-121(127)99-57-69-105(70-58-99)133-79-95(7)111(90-139-133)39-23-19-15-11-3)82-116(86-118)128-50-34-28-44-122(128)100-59-71-106(72-60-100)134-80-96(8)112(91-140-134)40-24-20-16-12-4/h25-36,41-92H,9-24,37-40H2,1-8H3. The number of pyridine rings is 4. The Morgan fingerprint density at radius 2 is 0.303 bits per heavy atom. The number of nitrogens with zero attached hydrogens (tertiary/aromatic N) is 6. The maximum atomic E-state index is 5.03. The molecule has 0 radical (unpaired) electrons. The number of aryl methyl sites for hydroxylation is 8. The van der Waals surface area contributed by atoms with Gasteiger partial charge in [0.2, 0.25) is 0 Å². The molecule has 0 aliphatic carbocycles. The van der Waals surface area contributed by atoms with Gasteiger partial charge in [-0.3, -0.25) is 19.9 Å². The van der Waals surface area contributed by atoms with E-state index in [1.807, 2.05) is 0 Å². The van der Waals surface area contributed by atoms with Crippen LogP contribution in [0.15, 0.2) is 389 Å². The molecular formula is C136H128N6. The maximum absolute atomic E-state index is 5.03. The van der Waals surface area contributed by atoms with E-state index in [4.69, 9.17) is 29.9 Å². The van der Waals surface area contributed by atoms with Crippen molar-refractivity contribution >= 4 is 0 Å². The lowest BCUT2D eigenvalue weighted by Crippen LogP contribution is -1.94. The predicted octanol–water partition coefficient (Wildman–Crippen LogP) is 37.8. The van der Waals surface area contributed by atoms with Gasteiger partial charge in [0.05, 0.1) is 34.2 Å². The minimum atomic E-state index is 0.844. The van der Waals surface area contributed by atoms with Gasteiger partial charge < -0.3 is 0 Å². The SMILES string of the molecule is CCCCCCc1cnc(-c2ccc(-c3ccccc3-c3cc(-c4ccccc4-c4ccc(-c5cc(-c6ccc(-c7ccccc7-c7cc(-c8ccccc8-c8ccc(-c9cc(C)c(CCCCCC)cn9)cc8)cc(-c8ccccc8-c8ccc(-c9cc(C)c(CCCCCC)cn9)cc8)c7)cc6)ncn5)cc4)cc(-c4ccccc4-c4ccc(-c5cc(C)c(CCCCCC)cn5)cc4)c3)cc2)cc1C. The van der Waals surface area contributed by atoms with Crippen LogP contribution in [0.5, 0.6) is 0 Å². The zero-order valence-electron chi connectivity index (χ0n) is 83.8. The minimum absolute atomic E-state index is 0.844. The largest absolute Gasteiger partial charge is 0.256 e. The number of aromatic nitrogens is 6. The molecule has 0 unspecified atom stereocenters. The van der Waals surface area contributed by atoms with Crippen molar-refractivity contribution in [3.05, 3.63) is 434 Å². The smallest absolute Gasteiger partial charge is 0.116 e. The van der Waals surface area contributed by atoms with E-state index in [1.54, 1.807) is 6.33 Å². The third kappa shape index (κ3) is 22.3. The summed E-state index contributed by atoms with van der Waals surface area (Å²) in [6, 6.07) is 133. The molecule has 0 saturated carbocycles. The van der Waals surface area contributed by atoms with E-state index < -0.39 is 0 Å². The van der Waals surface area contributed by atoms with Gasteiger partial charge >= 0.3 is 0 Å². The lowest BCUT2D eigenvalue weighted by Gasteiger charge is -2.18. The van der Waals surface area contributed by atoms with Crippen LogP contribution in [-0.4, -0.2) is 29.9 Å². The maximum Gasteiger partial charge on any atom is 0.116 e. The van der Waals surface area contributed by atoms with Crippen LogP contribution in [0.2, 0.25) is 0 Å². The molecule has 14 aromatic carbocycles. The molecule has 19 aromatic rings. The molecule has 0 aliphatic rings. The fourth-order valence-electron chi connectivity index (χ4n) is 20.7. The third-order valence-electron chi connectivity index (χ3n) is 29.0. The van der Waals surface area contributed by atoms with Gasteiger partial charge in [0, 0.05) is 58.2 Å². The highest BCUT2D eigenvalue weighted by Crippen LogP contribution is 2.47. The number of benzene rings is 14. The van der Waals surface area contributed by atoms with E-state index >= 15 is 0 Å². The van der Waals surface area contributed by atoms with E-state index in [-0.39, 0.29) is 0 Å². The number of hydrogen-bond donors (Lipinski definition) is 0. The number of hydrogen-bond acceptors (Lipinski definition) is 6. The molecule has 0 atom stereocenters. The Morgan fingerprint density at radius 1 is 0.148 bits per heavy atom. The van der Waals surface area contributed by atoms with E-state index in [9.17, 15) is 0 Å². The average molecular weight is 1850 g/mol. The summed E-state index contributed by atoms with van der Waals surface area (Å²) in [6.45, 7) is 18.0.